The molecule has 2 aromatic rings. The van der Waals surface area contributed by atoms with Crippen LogP contribution >= 0.6 is 0 Å². The number of pyridine rings is 1. The molecule has 1 aliphatic heterocycles. The van der Waals surface area contributed by atoms with Crippen molar-refractivity contribution in [2.45, 2.75) is 32.0 Å². The summed E-state index contributed by atoms with van der Waals surface area (Å²) in [6.45, 7) is 2.82. The molecule has 0 bridgehead atoms. The number of nitrogens with zero attached hydrogens (tertiary/aromatic N) is 4. The van der Waals surface area contributed by atoms with E-state index in [1.165, 1.54) is 10.9 Å². The molecule has 0 aromatic carbocycles. The van der Waals surface area contributed by atoms with Crippen LogP contribution in [0.4, 0.5) is 13.2 Å². The van der Waals surface area contributed by atoms with Gasteiger partial charge in [0.1, 0.15) is 0 Å². The molecule has 3 rings (SSSR count). The first-order chi connectivity index (χ1) is 11.3. The van der Waals surface area contributed by atoms with Crippen LogP contribution in [0.1, 0.15) is 40.6 Å². The van der Waals surface area contributed by atoms with E-state index in [1.54, 1.807) is 23.2 Å². The molecule has 24 heavy (non-hydrogen) atoms. The predicted octanol–water partition coefficient (Wildman–Crippen LogP) is 3.08. The largest absolute Gasteiger partial charge is 0.435 e. The summed E-state index contributed by atoms with van der Waals surface area (Å²) in [4.78, 5) is 18.2. The molecule has 0 atom stereocenters. The highest BCUT2D eigenvalue weighted by Crippen LogP contribution is 2.29. The van der Waals surface area contributed by atoms with E-state index in [0.717, 1.165) is 11.8 Å². The fourth-order valence-corrected chi connectivity index (χ4v) is 2.80. The molecule has 0 radical (unpaired) electrons. The maximum Gasteiger partial charge on any atom is 0.435 e. The second-order valence-electron chi connectivity index (χ2n) is 5.89. The first-order valence-electron chi connectivity index (χ1n) is 7.69. The minimum absolute atomic E-state index is 0.0996. The van der Waals surface area contributed by atoms with Gasteiger partial charge in [0.2, 0.25) is 0 Å². The summed E-state index contributed by atoms with van der Waals surface area (Å²) in [5, 5.41) is 3.62. The van der Waals surface area contributed by atoms with Gasteiger partial charge in [-0.2, -0.15) is 18.3 Å². The number of halogens is 3. The summed E-state index contributed by atoms with van der Waals surface area (Å²) in [7, 11) is 0. The Kier molecular flexibility index (Phi) is 4.29. The molecule has 0 spiro atoms. The van der Waals surface area contributed by atoms with E-state index < -0.39 is 11.9 Å². The lowest BCUT2D eigenvalue weighted by molar-refractivity contribution is -0.141. The average molecular weight is 338 g/mol. The van der Waals surface area contributed by atoms with Gasteiger partial charge in [0.25, 0.3) is 5.91 Å². The van der Waals surface area contributed by atoms with Crippen LogP contribution in [0.25, 0.3) is 0 Å². The van der Waals surface area contributed by atoms with Crippen LogP contribution in [0, 0.1) is 6.92 Å². The highest BCUT2D eigenvalue weighted by molar-refractivity contribution is 5.93. The predicted molar refractivity (Wildman–Crippen MR) is 80.4 cm³/mol. The average Bonchev–Trinajstić information content (AvgIpc) is 3.05. The third-order valence-corrected chi connectivity index (χ3v) is 4.18. The lowest BCUT2D eigenvalue weighted by atomic mass is 10.0. The van der Waals surface area contributed by atoms with Gasteiger partial charge >= 0.3 is 6.18 Å². The van der Waals surface area contributed by atoms with E-state index >= 15 is 0 Å². The van der Waals surface area contributed by atoms with Crippen LogP contribution in [0.5, 0.6) is 0 Å². The molecule has 1 amide bonds. The molecule has 0 N–H and O–H groups in total. The lowest BCUT2D eigenvalue weighted by Crippen LogP contribution is -2.39. The monoisotopic (exact) mass is 338 g/mol. The Balaban J connectivity index is 1.62. The number of likely N-dealkylation sites (tertiary alicyclic amines) is 1. The minimum atomic E-state index is -4.43. The van der Waals surface area contributed by atoms with Crippen LogP contribution in [-0.2, 0) is 6.18 Å². The fraction of sp³-hybridized carbons (Fsp3) is 0.438. The summed E-state index contributed by atoms with van der Waals surface area (Å²) in [6, 6.07) is 4.37. The third kappa shape index (κ3) is 3.42. The zero-order valence-corrected chi connectivity index (χ0v) is 13.1. The van der Waals surface area contributed by atoms with Crippen LogP contribution in [-0.4, -0.2) is 38.7 Å². The Hall–Kier alpha value is -2.38. The van der Waals surface area contributed by atoms with Crippen LogP contribution in [0.3, 0.4) is 0 Å². The number of carbonyl (C=O) groups is 1. The van der Waals surface area contributed by atoms with Crippen molar-refractivity contribution in [3.05, 3.63) is 47.5 Å². The summed E-state index contributed by atoms with van der Waals surface area (Å²) in [6.07, 6.45) is -0.379. The summed E-state index contributed by atoms with van der Waals surface area (Å²) < 4.78 is 39.2. The molecular formula is C16H17F3N4O. The number of amides is 1. The van der Waals surface area contributed by atoms with E-state index in [4.69, 9.17) is 0 Å². The number of rotatable bonds is 2. The van der Waals surface area contributed by atoms with Crippen molar-refractivity contribution in [1.29, 1.82) is 0 Å². The van der Waals surface area contributed by atoms with Crippen molar-refractivity contribution in [3.63, 3.8) is 0 Å². The third-order valence-electron chi connectivity index (χ3n) is 4.18. The molecule has 3 heterocycles. The maximum atomic E-state index is 12.6. The fourth-order valence-electron chi connectivity index (χ4n) is 2.80. The van der Waals surface area contributed by atoms with Gasteiger partial charge in [-0.1, -0.05) is 0 Å². The van der Waals surface area contributed by atoms with Gasteiger partial charge in [-0.25, -0.2) is 0 Å². The van der Waals surface area contributed by atoms with Gasteiger partial charge in [0.15, 0.2) is 5.69 Å². The normalized spacial score (nSPS) is 16.4. The summed E-state index contributed by atoms with van der Waals surface area (Å²) >= 11 is 0. The Morgan fingerprint density at radius 3 is 2.46 bits per heavy atom. The van der Waals surface area contributed by atoms with Gasteiger partial charge < -0.3 is 4.90 Å². The van der Waals surface area contributed by atoms with Crippen molar-refractivity contribution in [2.75, 3.05) is 13.1 Å². The van der Waals surface area contributed by atoms with E-state index in [-0.39, 0.29) is 11.9 Å². The second-order valence-corrected chi connectivity index (χ2v) is 5.89. The number of aryl methyl sites for hydroxylation is 1. The standard InChI is InChI=1S/C16H17F3N4O/c1-11-2-3-12(10-20-11)15(24)22-7-4-13(5-8-22)23-9-6-14(21-23)16(17,18)19/h2-3,6,9-10,13H,4-5,7-8H2,1H3. The topological polar surface area (TPSA) is 51.0 Å². The summed E-state index contributed by atoms with van der Waals surface area (Å²) in [5.41, 5.74) is 0.480. The Morgan fingerprint density at radius 2 is 1.92 bits per heavy atom. The Labute approximate surface area is 137 Å². The van der Waals surface area contributed by atoms with E-state index in [2.05, 4.69) is 10.1 Å². The smallest absolute Gasteiger partial charge is 0.338 e. The van der Waals surface area contributed by atoms with Gasteiger partial charge in [-0.15, -0.1) is 0 Å². The van der Waals surface area contributed by atoms with Crippen molar-refractivity contribution in [2.24, 2.45) is 0 Å². The minimum Gasteiger partial charge on any atom is -0.338 e. The zero-order chi connectivity index (χ0) is 17.3. The SMILES string of the molecule is Cc1ccc(C(=O)N2CCC(n3ccc(C(F)(F)F)n3)CC2)cn1. The highest BCUT2D eigenvalue weighted by Gasteiger charge is 2.34. The van der Waals surface area contributed by atoms with E-state index in [0.29, 0.717) is 31.5 Å². The zero-order valence-electron chi connectivity index (χ0n) is 13.1. The molecule has 0 saturated carbocycles. The number of hydrogen-bond acceptors (Lipinski definition) is 3. The van der Waals surface area contributed by atoms with Crippen molar-refractivity contribution in [3.8, 4) is 0 Å². The summed E-state index contributed by atoms with van der Waals surface area (Å²) in [5.74, 6) is -0.0996. The first kappa shape index (κ1) is 16.5. The molecule has 1 fully saturated rings. The second kappa shape index (κ2) is 6.26. The molecule has 2 aromatic heterocycles. The van der Waals surface area contributed by atoms with Gasteiger partial charge in [-0.05, 0) is 38.0 Å². The number of piperidine rings is 1. The van der Waals surface area contributed by atoms with Gasteiger partial charge in [-0.3, -0.25) is 14.5 Å². The number of hydrogen-bond donors (Lipinski definition) is 0. The van der Waals surface area contributed by atoms with Crippen LogP contribution in [0.15, 0.2) is 30.6 Å². The Bertz CT molecular complexity index is 716. The molecule has 5 nitrogen and oxygen atoms in total. The quantitative estimate of drug-likeness (QED) is 0.845. The molecule has 8 heteroatoms. The van der Waals surface area contributed by atoms with Gasteiger partial charge in [0, 0.05) is 31.2 Å². The van der Waals surface area contributed by atoms with E-state index in [1.807, 2.05) is 6.92 Å². The first-order valence-corrected chi connectivity index (χ1v) is 7.69. The van der Waals surface area contributed by atoms with Crippen molar-refractivity contribution >= 4 is 5.91 Å². The Morgan fingerprint density at radius 1 is 1.21 bits per heavy atom. The molecular weight excluding hydrogens is 321 g/mol. The number of carbonyl (C=O) groups excluding carboxylic acids is 1. The molecule has 128 valence electrons. The van der Waals surface area contributed by atoms with E-state index in [9.17, 15) is 18.0 Å². The maximum absolute atomic E-state index is 12.6. The van der Waals surface area contributed by atoms with Crippen LogP contribution in [0.2, 0.25) is 0 Å². The molecule has 0 aliphatic carbocycles. The molecule has 1 saturated heterocycles. The highest BCUT2D eigenvalue weighted by atomic mass is 19.4. The molecule has 0 unspecified atom stereocenters. The van der Waals surface area contributed by atoms with Crippen molar-refractivity contribution < 1.29 is 18.0 Å². The number of alkyl halides is 3. The van der Waals surface area contributed by atoms with Gasteiger partial charge in [0.05, 0.1) is 11.6 Å². The van der Waals surface area contributed by atoms with Crippen molar-refractivity contribution in [1.82, 2.24) is 19.7 Å². The number of aromatic nitrogens is 3. The molecule has 1 aliphatic rings. The lowest BCUT2D eigenvalue weighted by Gasteiger charge is -2.32. The van der Waals surface area contributed by atoms with Crippen LogP contribution < -0.4 is 0 Å².